The number of carbonyl (C=O) groups excluding carboxylic acids is 2. The number of esters is 1. The number of nitrogens with one attached hydrogen (secondary N) is 1. The molecule has 2 aromatic rings. The first-order valence-corrected chi connectivity index (χ1v) is 12.7. The number of nitrogens with zero attached hydrogens (tertiary/aromatic N) is 4. The van der Waals surface area contributed by atoms with Crippen molar-refractivity contribution >= 4 is 23.2 Å². The molecule has 3 heterocycles. The molecule has 1 saturated carbocycles. The summed E-state index contributed by atoms with van der Waals surface area (Å²) < 4.78 is 12.8. The summed E-state index contributed by atoms with van der Waals surface area (Å²) in [5.41, 5.74) is 4.41. The summed E-state index contributed by atoms with van der Waals surface area (Å²) in [6.45, 7) is 3.07. The molecule has 200 valence electrons. The van der Waals surface area contributed by atoms with E-state index in [2.05, 4.69) is 15.4 Å². The third kappa shape index (κ3) is 5.17. The van der Waals surface area contributed by atoms with Crippen LogP contribution in [0.2, 0.25) is 0 Å². The lowest BCUT2D eigenvalue weighted by atomic mass is 9.87. The number of nitriles is 1. The van der Waals surface area contributed by atoms with Crippen LogP contribution in [0.1, 0.15) is 58.1 Å². The van der Waals surface area contributed by atoms with Gasteiger partial charge in [-0.25, -0.2) is 9.50 Å². The molecule has 2 aromatic heterocycles. The van der Waals surface area contributed by atoms with Gasteiger partial charge in [-0.1, -0.05) is 33.1 Å². The molecule has 1 aliphatic carbocycles. The number of ether oxygens (including phenoxy) is 2. The van der Waals surface area contributed by atoms with E-state index in [1.54, 1.807) is 6.07 Å². The van der Waals surface area contributed by atoms with Crippen molar-refractivity contribution in [3.05, 3.63) is 24.2 Å². The third-order valence-electron chi connectivity index (χ3n) is 7.32. The van der Waals surface area contributed by atoms with E-state index in [0.29, 0.717) is 5.52 Å². The smallest absolute Gasteiger partial charge is 0.306 e. The Morgan fingerprint density at radius 2 is 2.08 bits per heavy atom. The molecule has 1 aliphatic heterocycles. The molecule has 37 heavy (non-hydrogen) atoms. The van der Waals surface area contributed by atoms with E-state index in [4.69, 9.17) is 15.2 Å². The van der Waals surface area contributed by atoms with Crippen LogP contribution in [0, 0.1) is 23.2 Å². The van der Waals surface area contributed by atoms with Crippen LogP contribution in [0.5, 0.6) is 0 Å². The predicted molar refractivity (Wildman–Crippen MR) is 131 cm³/mol. The number of hydrogen-bond donors (Lipinski definition) is 4. The molecule has 2 aliphatic rings. The summed E-state index contributed by atoms with van der Waals surface area (Å²) in [6, 6.07) is 4.32. The van der Waals surface area contributed by atoms with Gasteiger partial charge in [-0.05, 0) is 36.8 Å². The first kappa shape index (κ1) is 26.9. The zero-order valence-corrected chi connectivity index (χ0v) is 21.0. The molecular weight excluding hydrogens is 480 g/mol. The van der Waals surface area contributed by atoms with Gasteiger partial charge < -0.3 is 30.7 Å². The summed E-state index contributed by atoms with van der Waals surface area (Å²) in [5.74, 6) is -0.650. The molecule has 0 unspecified atom stereocenters. The largest absolute Gasteiger partial charge is 0.457 e. The highest BCUT2D eigenvalue weighted by Gasteiger charge is 2.59. The molecule has 1 saturated heterocycles. The fraction of sp³-hybridized carbons (Fsp3) is 0.640. The van der Waals surface area contributed by atoms with Gasteiger partial charge in [0.15, 0.2) is 11.9 Å². The van der Waals surface area contributed by atoms with Gasteiger partial charge in [0.2, 0.25) is 11.5 Å². The summed E-state index contributed by atoms with van der Waals surface area (Å²) in [5, 5.41) is 38.2. The lowest BCUT2D eigenvalue weighted by molar-refractivity contribution is -0.158. The number of amides is 1. The second-order valence-electron chi connectivity index (χ2n) is 10.2. The summed E-state index contributed by atoms with van der Waals surface area (Å²) >= 11 is 0. The van der Waals surface area contributed by atoms with E-state index in [0.717, 1.165) is 32.1 Å². The second-order valence-corrected chi connectivity index (χ2v) is 10.2. The van der Waals surface area contributed by atoms with Crippen molar-refractivity contribution in [1.82, 2.24) is 14.6 Å². The van der Waals surface area contributed by atoms with Crippen LogP contribution in [-0.4, -0.2) is 67.6 Å². The van der Waals surface area contributed by atoms with Crippen molar-refractivity contribution in [2.24, 2.45) is 17.6 Å². The molecule has 4 rings (SSSR count). The fourth-order valence-corrected chi connectivity index (χ4v) is 5.09. The van der Waals surface area contributed by atoms with E-state index in [1.807, 2.05) is 19.9 Å². The lowest BCUT2D eigenvalue weighted by Gasteiger charge is -2.25. The average Bonchev–Trinajstić information content (AvgIpc) is 3.44. The molecule has 0 spiro atoms. The van der Waals surface area contributed by atoms with Crippen molar-refractivity contribution in [2.45, 2.75) is 82.3 Å². The minimum absolute atomic E-state index is 0.0997. The number of aliphatic hydroxyl groups is 2. The maximum Gasteiger partial charge on any atom is 0.306 e. The number of rotatable bonds is 8. The highest BCUT2D eigenvalue weighted by molar-refractivity contribution is 5.97. The van der Waals surface area contributed by atoms with Crippen molar-refractivity contribution in [3.63, 3.8) is 0 Å². The molecule has 12 nitrogen and oxygen atoms in total. The Morgan fingerprint density at radius 1 is 1.35 bits per heavy atom. The van der Waals surface area contributed by atoms with Gasteiger partial charge in [-0.15, -0.1) is 0 Å². The number of fused-ring (bicyclic) bond motifs is 1. The Balaban J connectivity index is 1.60. The fourth-order valence-electron chi connectivity index (χ4n) is 5.09. The molecule has 12 heteroatoms. The Bertz CT molecular complexity index is 1170. The van der Waals surface area contributed by atoms with Gasteiger partial charge in [-0.2, -0.15) is 10.4 Å². The highest BCUT2D eigenvalue weighted by atomic mass is 16.6. The molecule has 5 atom stereocenters. The molecule has 1 amide bonds. The van der Waals surface area contributed by atoms with E-state index >= 15 is 0 Å². The van der Waals surface area contributed by atoms with Crippen LogP contribution in [-0.2, 0) is 24.7 Å². The number of aliphatic hydroxyl groups excluding tert-OH is 2. The number of nitrogens with two attached hydrogens (primary N) is 1. The van der Waals surface area contributed by atoms with Crippen LogP contribution in [0.4, 0.5) is 5.82 Å². The first-order valence-electron chi connectivity index (χ1n) is 12.7. The maximum absolute atomic E-state index is 12.7. The minimum atomic E-state index is -2.00. The number of aromatic nitrogens is 3. The van der Waals surface area contributed by atoms with Crippen molar-refractivity contribution < 1.29 is 29.3 Å². The number of anilines is 1. The Labute approximate surface area is 214 Å². The van der Waals surface area contributed by atoms with Crippen molar-refractivity contribution in [2.75, 3.05) is 11.9 Å². The second kappa shape index (κ2) is 11.1. The van der Waals surface area contributed by atoms with Crippen molar-refractivity contribution in [1.29, 1.82) is 5.26 Å². The summed E-state index contributed by atoms with van der Waals surface area (Å²) in [6.07, 6.45) is 2.60. The van der Waals surface area contributed by atoms with Gasteiger partial charge in [0.1, 0.15) is 30.1 Å². The third-order valence-corrected chi connectivity index (χ3v) is 7.32. The first-order chi connectivity index (χ1) is 17.7. The Morgan fingerprint density at radius 3 is 2.73 bits per heavy atom. The van der Waals surface area contributed by atoms with Crippen molar-refractivity contribution in [3.8, 4) is 6.07 Å². The topological polar surface area (TPSA) is 185 Å². The average molecular weight is 515 g/mol. The van der Waals surface area contributed by atoms with E-state index in [-0.39, 0.29) is 29.8 Å². The molecule has 0 aromatic carbocycles. The van der Waals surface area contributed by atoms with Gasteiger partial charge in [-0.3, -0.25) is 9.59 Å². The molecule has 0 radical (unpaired) electrons. The summed E-state index contributed by atoms with van der Waals surface area (Å²) in [7, 11) is 0. The van der Waals surface area contributed by atoms with Crippen LogP contribution < -0.4 is 11.1 Å². The standard InChI is InChI=1S/C25H34N6O6/c1-14(2)20(27)24(35)30-23-16-8-9-18(31(16)29-13-28-23)25(12-26)22(34)21(17(11-32)37-25)36-19(33)10-15-6-4-3-5-7-15/h8-9,13-15,17,20-22,32,34H,3-7,10-11,27H2,1-2H3,(H,28,29,30,35)/t17-,20+,21-,22-,25+/m1/s1. The Hall–Kier alpha value is -3.11. The van der Waals surface area contributed by atoms with E-state index < -0.39 is 48.4 Å². The van der Waals surface area contributed by atoms with Gasteiger partial charge >= 0.3 is 5.97 Å². The van der Waals surface area contributed by atoms with Crippen LogP contribution in [0.15, 0.2) is 18.5 Å². The number of hydrogen-bond acceptors (Lipinski definition) is 10. The summed E-state index contributed by atoms with van der Waals surface area (Å²) in [4.78, 5) is 29.3. The SMILES string of the molecule is CC(C)[C@H](N)C(=O)Nc1ncnn2c([C@]3(C#N)O[C@H](CO)[C@@H](OC(=O)CC4CCCCC4)[C@H]3O)ccc12. The van der Waals surface area contributed by atoms with Crippen LogP contribution in [0.25, 0.3) is 5.52 Å². The maximum atomic E-state index is 12.7. The number of carbonyl (C=O) groups is 2. The van der Waals surface area contributed by atoms with E-state index in [9.17, 15) is 25.1 Å². The minimum Gasteiger partial charge on any atom is -0.457 e. The molecular formula is C25H34N6O6. The van der Waals surface area contributed by atoms with Gasteiger partial charge in [0, 0.05) is 6.42 Å². The van der Waals surface area contributed by atoms with Crippen LogP contribution >= 0.6 is 0 Å². The molecule has 0 bridgehead atoms. The predicted octanol–water partition coefficient (Wildman–Crippen LogP) is 1.00. The normalized spacial score (nSPS) is 27.2. The zero-order valence-electron chi connectivity index (χ0n) is 21.0. The quantitative estimate of drug-likeness (QED) is 0.370. The highest BCUT2D eigenvalue weighted by Crippen LogP contribution is 2.42. The van der Waals surface area contributed by atoms with Crippen LogP contribution in [0.3, 0.4) is 0 Å². The van der Waals surface area contributed by atoms with Gasteiger partial charge in [0.25, 0.3) is 0 Å². The molecule has 5 N–H and O–H groups in total. The monoisotopic (exact) mass is 514 g/mol. The van der Waals surface area contributed by atoms with E-state index in [1.165, 1.54) is 16.9 Å². The Kier molecular flexibility index (Phi) is 8.08. The zero-order chi connectivity index (χ0) is 26.7. The van der Waals surface area contributed by atoms with Gasteiger partial charge in [0.05, 0.1) is 18.3 Å². The molecule has 2 fully saturated rings. The lowest BCUT2D eigenvalue weighted by Crippen LogP contribution is -2.43.